The van der Waals surface area contributed by atoms with Crippen LogP contribution in [0, 0.1) is 11.3 Å². The summed E-state index contributed by atoms with van der Waals surface area (Å²) in [6.45, 7) is 2.08. The fourth-order valence-electron chi connectivity index (χ4n) is 3.05. The summed E-state index contributed by atoms with van der Waals surface area (Å²) in [5.41, 5.74) is 5.01. The second-order valence-corrected chi connectivity index (χ2v) is 6.66. The first-order valence-corrected chi connectivity index (χ1v) is 7.49. The van der Waals surface area contributed by atoms with Crippen LogP contribution in [0.4, 0.5) is 0 Å². The molecule has 1 saturated heterocycles. The van der Waals surface area contributed by atoms with E-state index in [1.54, 1.807) is 0 Å². The van der Waals surface area contributed by atoms with Crippen molar-refractivity contribution >= 4 is 23.5 Å². The summed E-state index contributed by atoms with van der Waals surface area (Å²) in [6.07, 6.45) is 2.41. The van der Waals surface area contributed by atoms with Gasteiger partial charge in [0, 0.05) is 18.8 Å². The van der Waals surface area contributed by atoms with E-state index in [0.717, 1.165) is 17.9 Å². The summed E-state index contributed by atoms with van der Waals surface area (Å²) in [5, 5.41) is 12.0. The van der Waals surface area contributed by atoms with E-state index in [0.29, 0.717) is 24.8 Å². The molecule has 0 aromatic rings. The van der Waals surface area contributed by atoms with Crippen LogP contribution in [0.5, 0.6) is 0 Å². The van der Waals surface area contributed by atoms with E-state index in [-0.39, 0.29) is 11.7 Å². The van der Waals surface area contributed by atoms with Crippen molar-refractivity contribution in [1.29, 1.82) is 0 Å². The van der Waals surface area contributed by atoms with Gasteiger partial charge in [0.2, 0.25) is 5.91 Å². The monoisotopic (exact) mass is 271 g/mol. The van der Waals surface area contributed by atoms with Gasteiger partial charge in [-0.2, -0.15) is 11.8 Å². The lowest BCUT2D eigenvalue weighted by Gasteiger charge is -2.46. The summed E-state index contributed by atoms with van der Waals surface area (Å²) in [7, 11) is 1.84. The number of thioether (sulfide) groups is 1. The Morgan fingerprint density at radius 1 is 1.56 bits per heavy atom. The van der Waals surface area contributed by atoms with Gasteiger partial charge in [0.05, 0.1) is 0 Å². The molecule has 6 heteroatoms. The molecule has 1 aliphatic heterocycles. The highest BCUT2D eigenvalue weighted by atomic mass is 32.2. The molecule has 0 bridgehead atoms. The molecule has 18 heavy (non-hydrogen) atoms. The van der Waals surface area contributed by atoms with Crippen molar-refractivity contribution in [2.75, 3.05) is 18.6 Å². The normalized spacial score (nSPS) is 36.2. The molecule has 5 nitrogen and oxygen atoms in total. The van der Waals surface area contributed by atoms with Crippen molar-refractivity contribution in [2.45, 2.75) is 32.2 Å². The number of rotatable bonds is 3. The van der Waals surface area contributed by atoms with E-state index >= 15 is 0 Å². The Hall–Kier alpha value is -0.910. The number of hydrogen-bond donors (Lipinski definition) is 2. The van der Waals surface area contributed by atoms with Gasteiger partial charge < -0.3 is 15.8 Å². The maximum atomic E-state index is 12.6. The van der Waals surface area contributed by atoms with Crippen LogP contribution in [0.15, 0.2) is 5.16 Å². The smallest absolute Gasteiger partial charge is 0.236 e. The Labute approximate surface area is 112 Å². The average Bonchev–Trinajstić information content (AvgIpc) is 2.85. The van der Waals surface area contributed by atoms with Gasteiger partial charge in [-0.15, -0.1) is 0 Å². The lowest BCUT2D eigenvalue weighted by atomic mass is 9.61. The summed E-state index contributed by atoms with van der Waals surface area (Å²) < 4.78 is 0. The highest BCUT2D eigenvalue weighted by Crippen LogP contribution is 2.47. The number of nitrogens with zero attached hydrogens (tertiary/aromatic N) is 2. The Morgan fingerprint density at radius 3 is 2.67 bits per heavy atom. The molecule has 1 amide bonds. The van der Waals surface area contributed by atoms with Gasteiger partial charge in [-0.1, -0.05) is 12.1 Å². The van der Waals surface area contributed by atoms with E-state index in [1.807, 2.05) is 23.7 Å². The zero-order valence-corrected chi connectivity index (χ0v) is 11.7. The summed E-state index contributed by atoms with van der Waals surface area (Å²) in [4.78, 5) is 14.4. The zero-order chi connectivity index (χ0) is 13.3. The minimum atomic E-state index is -0.754. The number of nitrogens with two attached hydrogens (primary N) is 1. The minimum absolute atomic E-state index is 0.0170. The van der Waals surface area contributed by atoms with Crippen molar-refractivity contribution in [3.8, 4) is 0 Å². The highest BCUT2D eigenvalue weighted by molar-refractivity contribution is 7.99. The van der Waals surface area contributed by atoms with Crippen LogP contribution in [0.25, 0.3) is 0 Å². The van der Waals surface area contributed by atoms with Gasteiger partial charge in [-0.05, 0) is 30.9 Å². The van der Waals surface area contributed by atoms with Gasteiger partial charge >= 0.3 is 0 Å². The third kappa shape index (κ3) is 2.06. The topological polar surface area (TPSA) is 78.9 Å². The van der Waals surface area contributed by atoms with Gasteiger partial charge in [0.15, 0.2) is 5.84 Å². The van der Waals surface area contributed by atoms with Gasteiger partial charge in [0.25, 0.3) is 0 Å². The Morgan fingerprint density at radius 2 is 2.22 bits per heavy atom. The van der Waals surface area contributed by atoms with Crippen molar-refractivity contribution < 1.29 is 10.0 Å². The molecular weight excluding hydrogens is 250 g/mol. The predicted molar refractivity (Wildman–Crippen MR) is 72.7 cm³/mol. The van der Waals surface area contributed by atoms with Crippen LogP contribution in [-0.2, 0) is 4.79 Å². The number of carbonyl (C=O) groups is 1. The van der Waals surface area contributed by atoms with Gasteiger partial charge in [0.1, 0.15) is 5.41 Å². The van der Waals surface area contributed by atoms with E-state index in [1.165, 1.54) is 0 Å². The second kappa shape index (κ2) is 4.99. The molecule has 0 aromatic heterocycles. The number of oxime groups is 1. The van der Waals surface area contributed by atoms with Crippen LogP contribution in [0.3, 0.4) is 0 Å². The third-order valence-corrected chi connectivity index (χ3v) is 5.32. The second-order valence-electron chi connectivity index (χ2n) is 5.51. The molecule has 1 unspecified atom stereocenters. The molecule has 2 rings (SSSR count). The Bertz CT molecular complexity index is 360. The van der Waals surface area contributed by atoms with Crippen molar-refractivity contribution in [3.05, 3.63) is 0 Å². The van der Waals surface area contributed by atoms with Crippen LogP contribution in [0.2, 0.25) is 0 Å². The standard InChI is InChI=1S/C12H21N3O2S/c1-8-5-12(6-8,10(13)14-17)11(16)15(2)9-3-4-18-7-9/h8-9,17H,3-7H2,1-2H3,(H2,13,14). The van der Waals surface area contributed by atoms with Crippen LogP contribution >= 0.6 is 11.8 Å². The number of hydrogen-bond acceptors (Lipinski definition) is 4. The Kier molecular flexibility index (Phi) is 3.75. The molecule has 1 aliphatic carbocycles. The maximum absolute atomic E-state index is 12.6. The highest BCUT2D eigenvalue weighted by Gasteiger charge is 2.54. The first-order chi connectivity index (χ1) is 8.51. The van der Waals surface area contributed by atoms with E-state index in [4.69, 9.17) is 10.9 Å². The lowest BCUT2D eigenvalue weighted by molar-refractivity contribution is -0.144. The molecule has 2 aliphatic rings. The van der Waals surface area contributed by atoms with Crippen LogP contribution in [-0.4, -0.2) is 46.4 Å². The molecule has 1 saturated carbocycles. The quantitative estimate of drug-likeness (QED) is 0.349. The molecule has 2 fully saturated rings. The fourth-order valence-corrected chi connectivity index (χ4v) is 4.32. The van der Waals surface area contributed by atoms with Crippen LogP contribution in [0.1, 0.15) is 26.2 Å². The number of amidine groups is 1. The predicted octanol–water partition coefficient (Wildman–Crippen LogP) is 1.11. The first-order valence-electron chi connectivity index (χ1n) is 6.34. The van der Waals surface area contributed by atoms with Crippen molar-refractivity contribution in [2.24, 2.45) is 22.2 Å². The maximum Gasteiger partial charge on any atom is 0.236 e. The van der Waals surface area contributed by atoms with Crippen molar-refractivity contribution in [3.63, 3.8) is 0 Å². The molecule has 3 N–H and O–H groups in total. The molecular formula is C12H21N3O2S. The van der Waals surface area contributed by atoms with E-state index in [9.17, 15) is 4.79 Å². The first kappa shape index (κ1) is 13.5. The van der Waals surface area contributed by atoms with E-state index < -0.39 is 5.41 Å². The minimum Gasteiger partial charge on any atom is -0.409 e. The zero-order valence-electron chi connectivity index (χ0n) is 10.9. The molecule has 0 radical (unpaired) electrons. The van der Waals surface area contributed by atoms with Gasteiger partial charge in [-0.25, -0.2) is 0 Å². The summed E-state index contributed by atoms with van der Waals surface area (Å²) >= 11 is 1.87. The van der Waals surface area contributed by atoms with E-state index in [2.05, 4.69) is 12.1 Å². The third-order valence-electron chi connectivity index (χ3n) is 4.17. The summed E-state index contributed by atoms with van der Waals surface area (Å²) in [5.74, 6) is 2.64. The average molecular weight is 271 g/mol. The molecule has 102 valence electrons. The SMILES string of the molecule is CC1CC(C(=O)N(C)C2CCSC2)(C(N)=NO)C1. The molecule has 0 aromatic carbocycles. The Balaban J connectivity index is 2.14. The molecule has 1 heterocycles. The fraction of sp³-hybridized carbons (Fsp3) is 0.833. The summed E-state index contributed by atoms with van der Waals surface area (Å²) in [6, 6.07) is 0.293. The number of amides is 1. The van der Waals surface area contributed by atoms with Gasteiger partial charge in [-0.3, -0.25) is 4.79 Å². The molecule has 1 atom stereocenters. The number of carbonyl (C=O) groups excluding carboxylic acids is 1. The van der Waals surface area contributed by atoms with Crippen molar-refractivity contribution in [1.82, 2.24) is 4.90 Å². The molecule has 0 spiro atoms. The van der Waals surface area contributed by atoms with Crippen LogP contribution < -0.4 is 5.73 Å². The largest absolute Gasteiger partial charge is 0.409 e. The lowest BCUT2D eigenvalue weighted by Crippen LogP contribution is -2.58.